The molecule has 0 amide bonds. The van der Waals surface area contributed by atoms with Gasteiger partial charge in [0.1, 0.15) is 4.21 Å². The lowest BCUT2D eigenvalue weighted by atomic mass is 10.2. The van der Waals surface area contributed by atoms with Crippen molar-refractivity contribution in [2.45, 2.75) is 17.6 Å². The van der Waals surface area contributed by atoms with Gasteiger partial charge < -0.3 is 10.2 Å². The number of fused-ring (bicyclic) bond motifs is 1. The van der Waals surface area contributed by atoms with Crippen LogP contribution in [-0.2, 0) is 16.4 Å². The number of hydrogen-bond donors (Lipinski definition) is 2. The summed E-state index contributed by atoms with van der Waals surface area (Å²) < 4.78 is 27.1. The van der Waals surface area contributed by atoms with Gasteiger partial charge in [0.2, 0.25) is 10.0 Å². The molecule has 0 aliphatic carbocycles. The van der Waals surface area contributed by atoms with Gasteiger partial charge in [-0.2, -0.15) is 0 Å². The smallest absolute Gasteiger partial charge is 0.250 e. The highest BCUT2D eigenvalue weighted by atomic mass is 32.2. The van der Waals surface area contributed by atoms with Gasteiger partial charge >= 0.3 is 0 Å². The second kappa shape index (κ2) is 7.99. The first kappa shape index (κ1) is 17.9. The van der Waals surface area contributed by atoms with Crippen LogP contribution in [0.5, 0.6) is 0 Å². The Hall–Kier alpha value is -1.90. The van der Waals surface area contributed by atoms with Crippen LogP contribution < -0.4 is 14.9 Å². The number of hydrogen-bond acceptors (Lipinski definition) is 4. The SMILES string of the molecule is CCNC(=NCCNS(=O)(=O)c1cccs1)N1CCc2ccccc21. The maximum absolute atomic E-state index is 12.1. The summed E-state index contributed by atoms with van der Waals surface area (Å²) in [6.07, 6.45) is 0.992. The van der Waals surface area contributed by atoms with E-state index in [-0.39, 0.29) is 6.54 Å². The minimum atomic E-state index is -3.43. The molecule has 2 heterocycles. The van der Waals surface area contributed by atoms with Crippen LogP contribution in [0.1, 0.15) is 12.5 Å². The summed E-state index contributed by atoms with van der Waals surface area (Å²) in [5.74, 6) is 0.794. The van der Waals surface area contributed by atoms with Crippen molar-refractivity contribution in [3.8, 4) is 0 Å². The normalized spacial score (nSPS) is 14.6. The van der Waals surface area contributed by atoms with Crippen molar-refractivity contribution in [3.05, 3.63) is 47.3 Å². The van der Waals surface area contributed by atoms with Crippen molar-refractivity contribution in [2.24, 2.45) is 4.99 Å². The number of sulfonamides is 1. The van der Waals surface area contributed by atoms with Crippen molar-refractivity contribution in [3.63, 3.8) is 0 Å². The second-order valence-corrected chi connectivity index (χ2v) is 8.54. The molecule has 6 nitrogen and oxygen atoms in total. The largest absolute Gasteiger partial charge is 0.356 e. The predicted molar refractivity (Wildman–Crippen MR) is 103 cm³/mol. The van der Waals surface area contributed by atoms with Crippen molar-refractivity contribution in [2.75, 3.05) is 31.1 Å². The van der Waals surface area contributed by atoms with Crippen LogP contribution in [0.15, 0.2) is 51.0 Å². The van der Waals surface area contributed by atoms with Crippen molar-refractivity contribution < 1.29 is 8.42 Å². The molecule has 0 spiro atoms. The zero-order valence-corrected chi connectivity index (χ0v) is 15.7. The second-order valence-electron chi connectivity index (χ2n) is 5.60. The summed E-state index contributed by atoms with van der Waals surface area (Å²) >= 11 is 1.21. The van der Waals surface area contributed by atoms with Gasteiger partial charge in [-0.3, -0.25) is 4.99 Å². The first-order valence-electron chi connectivity index (χ1n) is 8.29. The van der Waals surface area contributed by atoms with E-state index in [1.165, 1.54) is 22.6 Å². The number of anilines is 1. The Balaban J connectivity index is 1.64. The molecule has 1 aliphatic heterocycles. The molecular formula is C17H22N4O2S2. The van der Waals surface area contributed by atoms with E-state index in [1.807, 2.05) is 19.1 Å². The molecule has 134 valence electrons. The van der Waals surface area contributed by atoms with Gasteiger partial charge in [0, 0.05) is 25.3 Å². The Kier molecular flexibility index (Phi) is 5.72. The number of aliphatic imine (C=N–C) groups is 1. The van der Waals surface area contributed by atoms with Crippen LogP contribution in [0.3, 0.4) is 0 Å². The van der Waals surface area contributed by atoms with Crippen molar-refractivity contribution in [1.29, 1.82) is 0 Å². The molecule has 0 saturated carbocycles. The number of nitrogens with zero attached hydrogens (tertiary/aromatic N) is 2. The van der Waals surface area contributed by atoms with E-state index in [2.05, 4.69) is 32.1 Å². The third-order valence-corrected chi connectivity index (χ3v) is 6.76. The number of thiophene rings is 1. The highest BCUT2D eigenvalue weighted by Crippen LogP contribution is 2.27. The molecule has 3 rings (SSSR count). The number of rotatable bonds is 6. The average Bonchev–Trinajstić information content (AvgIpc) is 3.27. The summed E-state index contributed by atoms with van der Waals surface area (Å²) in [5.41, 5.74) is 2.48. The molecule has 0 saturated heterocycles. The van der Waals surface area contributed by atoms with Gasteiger partial charge in [-0.1, -0.05) is 24.3 Å². The fourth-order valence-corrected chi connectivity index (χ4v) is 4.84. The lowest BCUT2D eigenvalue weighted by Crippen LogP contribution is -2.41. The molecule has 0 fully saturated rings. The van der Waals surface area contributed by atoms with E-state index in [1.54, 1.807) is 17.5 Å². The van der Waals surface area contributed by atoms with Crippen LogP contribution >= 0.6 is 11.3 Å². The van der Waals surface area contributed by atoms with E-state index < -0.39 is 10.0 Å². The Morgan fingerprint density at radius 2 is 2.12 bits per heavy atom. The van der Waals surface area contributed by atoms with E-state index in [9.17, 15) is 8.42 Å². The van der Waals surface area contributed by atoms with Gasteiger partial charge in [0.15, 0.2) is 5.96 Å². The lowest BCUT2D eigenvalue weighted by Gasteiger charge is -2.22. The zero-order chi connectivity index (χ0) is 17.7. The van der Waals surface area contributed by atoms with E-state index in [4.69, 9.17) is 0 Å². The van der Waals surface area contributed by atoms with Crippen LogP contribution in [0.2, 0.25) is 0 Å². The minimum Gasteiger partial charge on any atom is -0.356 e. The Morgan fingerprint density at radius 1 is 1.28 bits per heavy atom. The highest BCUT2D eigenvalue weighted by Gasteiger charge is 2.22. The highest BCUT2D eigenvalue weighted by molar-refractivity contribution is 7.91. The lowest BCUT2D eigenvalue weighted by molar-refractivity contribution is 0.584. The average molecular weight is 379 g/mol. The minimum absolute atomic E-state index is 0.268. The summed E-state index contributed by atoms with van der Waals surface area (Å²) in [4.78, 5) is 6.75. The first-order chi connectivity index (χ1) is 12.1. The molecule has 1 aromatic heterocycles. The Morgan fingerprint density at radius 3 is 2.88 bits per heavy atom. The molecule has 0 bridgehead atoms. The third kappa shape index (κ3) is 4.20. The molecule has 0 radical (unpaired) electrons. The monoisotopic (exact) mass is 378 g/mol. The van der Waals surface area contributed by atoms with Crippen LogP contribution in [0.4, 0.5) is 5.69 Å². The topological polar surface area (TPSA) is 73.8 Å². The van der Waals surface area contributed by atoms with Gasteiger partial charge in [0.05, 0.1) is 6.54 Å². The maximum Gasteiger partial charge on any atom is 0.250 e. The van der Waals surface area contributed by atoms with Gasteiger partial charge in [0.25, 0.3) is 0 Å². The molecule has 2 aromatic rings. The van der Waals surface area contributed by atoms with Crippen LogP contribution in [0.25, 0.3) is 0 Å². The van der Waals surface area contributed by atoms with E-state index in [0.29, 0.717) is 10.8 Å². The Bertz CT molecular complexity index is 832. The van der Waals surface area contributed by atoms with Gasteiger partial charge in [-0.25, -0.2) is 13.1 Å². The molecule has 1 aromatic carbocycles. The van der Waals surface area contributed by atoms with E-state index >= 15 is 0 Å². The van der Waals surface area contributed by atoms with Gasteiger partial charge in [-0.05, 0) is 36.4 Å². The third-order valence-electron chi connectivity index (χ3n) is 3.90. The predicted octanol–water partition coefficient (Wildman–Crippen LogP) is 2.05. The summed E-state index contributed by atoms with van der Waals surface area (Å²) in [6.45, 7) is 4.32. The summed E-state index contributed by atoms with van der Waals surface area (Å²) in [6, 6.07) is 11.6. The maximum atomic E-state index is 12.1. The molecule has 25 heavy (non-hydrogen) atoms. The van der Waals surface area contributed by atoms with Crippen molar-refractivity contribution in [1.82, 2.24) is 10.0 Å². The van der Waals surface area contributed by atoms with Crippen molar-refractivity contribution >= 4 is 33.0 Å². The fraction of sp³-hybridized carbons (Fsp3) is 0.353. The van der Waals surface area contributed by atoms with E-state index in [0.717, 1.165) is 25.5 Å². The first-order valence-corrected chi connectivity index (χ1v) is 10.6. The van der Waals surface area contributed by atoms with Crippen LogP contribution in [0, 0.1) is 0 Å². The summed E-state index contributed by atoms with van der Waals surface area (Å²) in [7, 11) is -3.43. The number of nitrogens with one attached hydrogen (secondary N) is 2. The zero-order valence-electron chi connectivity index (χ0n) is 14.1. The fourth-order valence-electron chi connectivity index (χ4n) is 2.78. The number of benzene rings is 1. The Labute approximate surface area is 152 Å². The van der Waals surface area contributed by atoms with Crippen LogP contribution in [-0.4, -0.2) is 40.6 Å². The molecule has 1 aliphatic rings. The molecule has 0 unspecified atom stereocenters. The molecule has 2 N–H and O–H groups in total. The quantitative estimate of drug-likeness (QED) is 0.458. The molecular weight excluding hydrogens is 356 g/mol. The number of para-hydroxylation sites is 1. The standard InChI is InChI=1S/C17H22N4O2S2/c1-2-18-17(21-12-9-14-6-3-4-7-15(14)21)19-10-11-20-25(22,23)16-8-5-13-24-16/h3-8,13,20H,2,9-12H2,1H3,(H,18,19). The summed E-state index contributed by atoms with van der Waals surface area (Å²) in [5, 5.41) is 5.04. The molecule has 8 heteroatoms. The van der Waals surface area contributed by atoms with Gasteiger partial charge in [-0.15, -0.1) is 11.3 Å². The molecule has 0 atom stereocenters. The number of guanidine groups is 1.